The van der Waals surface area contributed by atoms with E-state index in [0.29, 0.717) is 25.1 Å². The number of likely N-dealkylation sites (tertiary alicyclic amines) is 1. The third kappa shape index (κ3) is 7.60. The van der Waals surface area contributed by atoms with Crippen LogP contribution in [0.1, 0.15) is 38.2 Å². The zero-order chi connectivity index (χ0) is 25.9. The molecule has 0 aromatic heterocycles. The predicted molar refractivity (Wildman–Crippen MR) is 139 cm³/mol. The van der Waals surface area contributed by atoms with Crippen molar-refractivity contribution in [1.82, 2.24) is 10.2 Å². The first-order valence-corrected chi connectivity index (χ1v) is 12.3. The number of amides is 3. The molecule has 0 unspecified atom stereocenters. The van der Waals surface area contributed by atoms with Gasteiger partial charge in [0, 0.05) is 18.8 Å². The fraction of sp³-hybridized carbons (Fsp3) is 0.393. The first kappa shape index (κ1) is 26.8. The van der Waals surface area contributed by atoms with Crippen molar-refractivity contribution in [2.24, 2.45) is 5.92 Å². The molecule has 192 valence electrons. The van der Waals surface area contributed by atoms with Gasteiger partial charge in [-0.3, -0.25) is 9.59 Å². The van der Waals surface area contributed by atoms with Gasteiger partial charge < -0.3 is 25.0 Å². The number of para-hydroxylation sites is 1. The van der Waals surface area contributed by atoms with Crippen molar-refractivity contribution in [2.75, 3.05) is 25.5 Å². The van der Waals surface area contributed by atoms with E-state index in [4.69, 9.17) is 9.47 Å². The number of ether oxygens (including phenoxy) is 2. The molecule has 1 saturated heterocycles. The minimum atomic E-state index is -0.628. The Morgan fingerprint density at radius 1 is 1.11 bits per heavy atom. The number of nitrogens with one attached hydrogen (secondary N) is 2. The lowest BCUT2D eigenvalue weighted by atomic mass is 9.99. The molecule has 8 nitrogen and oxygen atoms in total. The highest BCUT2D eigenvalue weighted by Crippen LogP contribution is 2.26. The Hall–Kier alpha value is -3.81. The van der Waals surface area contributed by atoms with E-state index in [2.05, 4.69) is 17.2 Å². The second kappa shape index (κ2) is 13.3. The van der Waals surface area contributed by atoms with Crippen molar-refractivity contribution in [3.63, 3.8) is 0 Å². The molecule has 0 radical (unpaired) electrons. The van der Waals surface area contributed by atoms with E-state index in [1.54, 1.807) is 36.3 Å². The van der Waals surface area contributed by atoms with Gasteiger partial charge in [-0.15, -0.1) is 0 Å². The topological polar surface area (TPSA) is 97.0 Å². The quantitative estimate of drug-likeness (QED) is 0.449. The number of anilines is 1. The highest BCUT2D eigenvalue weighted by molar-refractivity contribution is 5.98. The van der Waals surface area contributed by atoms with Crippen LogP contribution in [0.4, 0.5) is 10.5 Å². The number of alkyl carbamates (subject to hydrolysis) is 1. The average molecular weight is 494 g/mol. The maximum absolute atomic E-state index is 13.5. The smallest absolute Gasteiger partial charge is 0.407 e. The van der Waals surface area contributed by atoms with E-state index in [0.717, 1.165) is 29.7 Å². The third-order valence-electron chi connectivity index (χ3n) is 6.16. The van der Waals surface area contributed by atoms with Crippen LogP contribution in [0.25, 0.3) is 0 Å². The summed E-state index contributed by atoms with van der Waals surface area (Å²) in [4.78, 5) is 40.4. The normalized spacial score (nSPS) is 15.8. The summed E-state index contributed by atoms with van der Waals surface area (Å²) in [5, 5.41) is 5.62. The Morgan fingerprint density at radius 3 is 2.50 bits per heavy atom. The number of rotatable bonds is 11. The maximum atomic E-state index is 13.5. The van der Waals surface area contributed by atoms with Gasteiger partial charge in [0.05, 0.1) is 13.0 Å². The number of carbonyl (C=O) groups is 3. The second-order valence-electron chi connectivity index (χ2n) is 8.94. The number of benzene rings is 2. The summed E-state index contributed by atoms with van der Waals surface area (Å²) in [6.45, 7) is 6.64. The average Bonchev–Trinajstić information content (AvgIpc) is 3.30. The van der Waals surface area contributed by atoms with Crippen molar-refractivity contribution in [1.29, 1.82) is 0 Å². The number of carbonyl (C=O) groups excluding carboxylic acids is 3. The first-order chi connectivity index (χ1) is 17.4. The van der Waals surface area contributed by atoms with E-state index in [-0.39, 0.29) is 25.0 Å². The molecule has 3 rings (SSSR count). The Bertz CT molecular complexity index is 1040. The fourth-order valence-electron chi connectivity index (χ4n) is 4.14. The number of nitrogens with zero attached hydrogens (tertiary/aromatic N) is 1. The molecule has 3 amide bonds. The van der Waals surface area contributed by atoms with Crippen LogP contribution in [0.15, 0.2) is 66.7 Å². The lowest BCUT2D eigenvalue weighted by molar-refractivity contribution is -0.140. The predicted octanol–water partition coefficient (Wildman–Crippen LogP) is 4.52. The maximum Gasteiger partial charge on any atom is 0.407 e. The van der Waals surface area contributed by atoms with E-state index in [1.807, 2.05) is 37.3 Å². The summed E-state index contributed by atoms with van der Waals surface area (Å²) in [7, 11) is 1.59. The molecular weight excluding hydrogens is 458 g/mol. The van der Waals surface area contributed by atoms with Crippen LogP contribution in [-0.2, 0) is 20.9 Å². The number of hydrogen-bond acceptors (Lipinski definition) is 5. The molecule has 0 aliphatic carbocycles. The minimum absolute atomic E-state index is 0.108. The summed E-state index contributed by atoms with van der Waals surface area (Å²) in [5.74, 6) is -0.141. The van der Waals surface area contributed by atoms with Gasteiger partial charge in [-0.05, 0) is 42.7 Å². The lowest BCUT2D eigenvalue weighted by Gasteiger charge is -2.28. The molecule has 2 aromatic rings. The van der Waals surface area contributed by atoms with Gasteiger partial charge in [-0.2, -0.15) is 0 Å². The standard InChI is InChI=1S/C28H35N3O5/c1-4-5-9-22(17-29-28(34)36-19-21-12-14-24(35-3)15-13-21)27(33)31-18-20(2)16-25(31)26(32)30-23-10-7-6-8-11-23/h6-8,10-15,22,25H,2,4-5,9,16-19H2,1,3H3,(H,29,34)(H,30,32)/t22-,25+/m1/s1. The first-order valence-electron chi connectivity index (χ1n) is 12.3. The molecule has 2 atom stereocenters. The van der Waals surface area contributed by atoms with Crippen LogP contribution in [0.2, 0.25) is 0 Å². The Labute approximate surface area is 212 Å². The Morgan fingerprint density at radius 2 is 1.83 bits per heavy atom. The zero-order valence-corrected chi connectivity index (χ0v) is 21.0. The summed E-state index contributed by atoms with van der Waals surface area (Å²) in [5.41, 5.74) is 2.33. The molecule has 1 aliphatic rings. The monoisotopic (exact) mass is 493 g/mol. The molecule has 0 bridgehead atoms. The van der Waals surface area contributed by atoms with Crippen LogP contribution in [0.5, 0.6) is 5.75 Å². The SMILES string of the molecule is C=C1C[C@@H](C(=O)Nc2ccccc2)N(C(=O)[C@H](CCCC)CNC(=O)OCc2ccc(OC)cc2)C1. The summed E-state index contributed by atoms with van der Waals surface area (Å²) in [6, 6.07) is 15.8. The highest BCUT2D eigenvalue weighted by Gasteiger charge is 2.38. The molecule has 1 aliphatic heterocycles. The van der Waals surface area contributed by atoms with Crippen molar-refractivity contribution in [2.45, 2.75) is 45.3 Å². The molecular formula is C28H35N3O5. The van der Waals surface area contributed by atoms with Crippen LogP contribution in [-0.4, -0.2) is 49.0 Å². The summed E-state index contributed by atoms with van der Waals surface area (Å²) >= 11 is 0. The van der Waals surface area contributed by atoms with Gasteiger partial charge in [0.2, 0.25) is 11.8 Å². The molecule has 2 aromatic carbocycles. The lowest BCUT2D eigenvalue weighted by Crippen LogP contribution is -2.48. The van der Waals surface area contributed by atoms with Crippen molar-refractivity contribution in [3.05, 3.63) is 72.3 Å². The summed E-state index contributed by atoms with van der Waals surface area (Å²) < 4.78 is 10.4. The van der Waals surface area contributed by atoms with Gasteiger partial charge in [0.25, 0.3) is 0 Å². The van der Waals surface area contributed by atoms with Crippen LogP contribution < -0.4 is 15.4 Å². The van der Waals surface area contributed by atoms with Gasteiger partial charge in [-0.25, -0.2) is 4.79 Å². The molecule has 2 N–H and O–H groups in total. The van der Waals surface area contributed by atoms with Crippen LogP contribution in [0.3, 0.4) is 0 Å². The molecule has 1 fully saturated rings. The largest absolute Gasteiger partial charge is 0.497 e. The van der Waals surface area contributed by atoms with E-state index in [1.165, 1.54) is 0 Å². The van der Waals surface area contributed by atoms with E-state index >= 15 is 0 Å². The molecule has 8 heteroatoms. The molecule has 0 saturated carbocycles. The van der Waals surface area contributed by atoms with E-state index < -0.39 is 18.1 Å². The van der Waals surface area contributed by atoms with Gasteiger partial charge in [-0.1, -0.05) is 62.2 Å². The van der Waals surface area contributed by atoms with Crippen molar-refractivity contribution in [3.8, 4) is 5.75 Å². The van der Waals surface area contributed by atoms with Gasteiger partial charge in [0.1, 0.15) is 18.4 Å². The third-order valence-corrected chi connectivity index (χ3v) is 6.16. The number of methoxy groups -OCH3 is 1. The Kier molecular flexibility index (Phi) is 9.92. The minimum Gasteiger partial charge on any atom is -0.497 e. The van der Waals surface area contributed by atoms with Gasteiger partial charge >= 0.3 is 6.09 Å². The van der Waals surface area contributed by atoms with Crippen molar-refractivity contribution >= 4 is 23.6 Å². The van der Waals surface area contributed by atoms with Crippen LogP contribution >= 0.6 is 0 Å². The zero-order valence-electron chi connectivity index (χ0n) is 21.0. The fourth-order valence-corrected chi connectivity index (χ4v) is 4.14. The molecule has 1 heterocycles. The van der Waals surface area contributed by atoms with Gasteiger partial charge in [0.15, 0.2) is 0 Å². The van der Waals surface area contributed by atoms with E-state index in [9.17, 15) is 14.4 Å². The molecule has 0 spiro atoms. The molecule has 36 heavy (non-hydrogen) atoms. The highest BCUT2D eigenvalue weighted by atomic mass is 16.5. The number of unbranched alkanes of at least 4 members (excludes halogenated alkanes) is 1. The Balaban J connectivity index is 1.59. The number of hydrogen-bond donors (Lipinski definition) is 2. The van der Waals surface area contributed by atoms with Crippen LogP contribution in [0, 0.1) is 5.92 Å². The summed E-state index contributed by atoms with van der Waals surface area (Å²) in [6.07, 6.45) is 2.17. The second-order valence-corrected chi connectivity index (χ2v) is 8.94. The van der Waals surface area contributed by atoms with Crippen molar-refractivity contribution < 1.29 is 23.9 Å².